The number of hydrogen-bond acceptors (Lipinski definition) is 8. The van der Waals surface area contributed by atoms with Gasteiger partial charge in [-0.3, -0.25) is 29.1 Å². The highest BCUT2D eigenvalue weighted by Gasteiger charge is 2.44. The molecule has 2 unspecified atom stereocenters. The van der Waals surface area contributed by atoms with E-state index in [1.165, 1.54) is 12.4 Å². The van der Waals surface area contributed by atoms with Crippen LogP contribution < -0.4 is 0 Å². The van der Waals surface area contributed by atoms with E-state index in [-0.39, 0.29) is 47.8 Å². The molecule has 56 heavy (non-hydrogen) atoms. The first-order chi connectivity index (χ1) is 26.9. The van der Waals surface area contributed by atoms with Crippen LogP contribution in [0.25, 0.3) is 0 Å². The number of pyridine rings is 2. The molecule has 8 nitrogen and oxygen atoms in total. The number of aryl methyl sites for hydroxylation is 4. The summed E-state index contributed by atoms with van der Waals surface area (Å²) in [6.45, 7) is 15.3. The first kappa shape index (κ1) is 42.3. The Morgan fingerprint density at radius 1 is 0.571 bits per heavy atom. The van der Waals surface area contributed by atoms with Crippen molar-refractivity contribution in [1.82, 2.24) is 9.97 Å². The van der Waals surface area contributed by atoms with Gasteiger partial charge in [0.15, 0.2) is 11.6 Å². The lowest BCUT2D eigenvalue weighted by molar-refractivity contribution is -0.126. The molecule has 282 valence electrons. The van der Waals surface area contributed by atoms with Gasteiger partial charge in [-0.1, -0.05) is 25.7 Å². The number of benzene rings is 2. The monoisotopic (exact) mass is 742 g/mol. The first-order valence-electron chi connectivity index (χ1n) is 18.8. The van der Waals surface area contributed by atoms with Crippen LogP contribution in [0.4, 0.5) is 0 Å². The maximum absolute atomic E-state index is 13.0. The van der Waals surface area contributed by atoms with Gasteiger partial charge in [-0.25, -0.2) is 0 Å². The van der Waals surface area contributed by atoms with Crippen LogP contribution in [-0.4, -0.2) is 33.1 Å². The Balaban J connectivity index is 0.000000238. The molecule has 0 spiro atoms. The molecule has 2 aromatic heterocycles. The molecule has 0 N–H and O–H groups in total. The number of nitriles is 2. The van der Waals surface area contributed by atoms with E-state index in [2.05, 4.69) is 33.6 Å². The van der Waals surface area contributed by atoms with E-state index in [4.69, 9.17) is 10.5 Å². The molecule has 2 heterocycles. The molecule has 2 saturated carbocycles. The van der Waals surface area contributed by atoms with Crippen molar-refractivity contribution in [3.05, 3.63) is 128 Å². The van der Waals surface area contributed by atoms with E-state index < -0.39 is 11.8 Å². The van der Waals surface area contributed by atoms with Gasteiger partial charge in [-0.15, -0.1) is 11.8 Å². The molecule has 6 rings (SSSR count). The van der Waals surface area contributed by atoms with Crippen molar-refractivity contribution >= 4 is 23.1 Å². The fourth-order valence-electron chi connectivity index (χ4n) is 7.68. The predicted octanol–water partition coefficient (Wildman–Crippen LogP) is 7.88. The van der Waals surface area contributed by atoms with Gasteiger partial charge in [0.25, 0.3) is 0 Å². The summed E-state index contributed by atoms with van der Waals surface area (Å²) in [6.07, 6.45) is 4.31. The molecular formula is C48H46N4O4. The minimum atomic E-state index is -0.697. The van der Waals surface area contributed by atoms with Crippen molar-refractivity contribution in [2.75, 3.05) is 0 Å². The van der Waals surface area contributed by atoms with Crippen molar-refractivity contribution in [2.45, 2.75) is 92.9 Å². The molecule has 0 bridgehead atoms. The largest absolute Gasteiger partial charge is 0.298 e. The van der Waals surface area contributed by atoms with Gasteiger partial charge >= 0.3 is 0 Å². The Labute approximate surface area is 330 Å². The fraction of sp³-hybridized carbons (Fsp3) is 0.333. The maximum Gasteiger partial charge on any atom is 0.151 e. The SMILES string of the molecule is CC.CC#Cc1cc(C)c(C2C(=O)C[C@@H](Cc3ccc(C#N)cn3)C2=O)c(C)c1.CC#Cc1cc(C)c(C2C(=O)C[C@H](Cc3ccc(C#N)cn3)C2=O)c(C)c1. The number of ketones is 4. The van der Waals surface area contributed by atoms with Crippen molar-refractivity contribution in [1.29, 1.82) is 10.5 Å². The van der Waals surface area contributed by atoms with Gasteiger partial charge in [0.05, 0.1) is 11.1 Å². The smallest absolute Gasteiger partial charge is 0.151 e. The van der Waals surface area contributed by atoms with Crippen LogP contribution in [0, 0.1) is 85.9 Å². The summed E-state index contributed by atoms with van der Waals surface area (Å²) < 4.78 is 0. The molecule has 0 aliphatic heterocycles. The first-order valence-corrected chi connectivity index (χ1v) is 18.8. The van der Waals surface area contributed by atoms with Gasteiger partial charge in [-0.05, 0) is 136 Å². The van der Waals surface area contributed by atoms with E-state index in [1.807, 2.05) is 77.9 Å². The second-order valence-corrected chi connectivity index (χ2v) is 13.9. The summed E-state index contributed by atoms with van der Waals surface area (Å²) in [6, 6.07) is 18.7. The molecule has 0 radical (unpaired) electrons. The third-order valence-corrected chi connectivity index (χ3v) is 10.0. The minimum absolute atomic E-state index is 0.0285. The third-order valence-electron chi connectivity index (χ3n) is 10.0. The molecule has 0 amide bonds. The number of rotatable bonds is 6. The highest BCUT2D eigenvalue weighted by atomic mass is 16.2. The average molecular weight is 743 g/mol. The molecule has 0 saturated heterocycles. The van der Waals surface area contributed by atoms with Crippen molar-refractivity contribution < 1.29 is 19.2 Å². The van der Waals surface area contributed by atoms with Crippen molar-refractivity contribution in [3.8, 4) is 35.8 Å². The number of carbonyl (C=O) groups is 4. The summed E-state index contributed by atoms with van der Waals surface area (Å²) in [5.41, 5.74) is 9.55. The summed E-state index contributed by atoms with van der Waals surface area (Å²) in [7, 11) is 0. The lowest BCUT2D eigenvalue weighted by atomic mass is 9.86. The fourth-order valence-corrected chi connectivity index (χ4v) is 7.68. The maximum atomic E-state index is 13.0. The topological polar surface area (TPSA) is 142 Å². The Kier molecular flexibility index (Phi) is 14.5. The van der Waals surface area contributed by atoms with Crippen LogP contribution in [0.1, 0.15) is 119 Å². The van der Waals surface area contributed by atoms with Gasteiger partial charge in [0.2, 0.25) is 0 Å². The third kappa shape index (κ3) is 9.60. The summed E-state index contributed by atoms with van der Waals surface area (Å²) >= 11 is 0. The van der Waals surface area contributed by atoms with Gasteiger partial charge < -0.3 is 0 Å². The minimum Gasteiger partial charge on any atom is -0.298 e. The predicted molar refractivity (Wildman–Crippen MR) is 215 cm³/mol. The standard InChI is InChI=1S/2C23H20N2O2.C2H6/c2*1-4-5-16-8-14(2)21(15(3)9-16)22-20(26)11-18(23(22)27)10-19-7-6-17(12-24)13-25-19;1-2/h2*6-9,13,18,22H,10-11H2,1-3H3;1-2H3/t2*18-,22?;/m10./s1. The summed E-state index contributed by atoms with van der Waals surface area (Å²) in [4.78, 5) is 59.9. The highest BCUT2D eigenvalue weighted by Crippen LogP contribution is 2.39. The van der Waals surface area contributed by atoms with Gasteiger partial charge in [-0.2, -0.15) is 10.5 Å². The van der Waals surface area contributed by atoms with Crippen molar-refractivity contribution in [2.24, 2.45) is 11.8 Å². The number of hydrogen-bond donors (Lipinski definition) is 0. The number of carbonyl (C=O) groups excluding carboxylic acids is 4. The zero-order valence-corrected chi connectivity index (χ0v) is 33.3. The molecule has 8 heteroatoms. The molecule has 4 atom stereocenters. The quantitative estimate of drug-likeness (QED) is 0.144. The number of nitrogens with zero attached hydrogens (tertiary/aromatic N) is 4. The van der Waals surface area contributed by atoms with E-state index in [0.29, 0.717) is 24.0 Å². The van der Waals surface area contributed by atoms with Crippen LogP contribution in [0.3, 0.4) is 0 Å². The lowest BCUT2D eigenvalue weighted by Gasteiger charge is -2.16. The Bertz CT molecular complexity index is 2160. The lowest BCUT2D eigenvalue weighted by Crippen LogP contribution is -2.19. The molecular weight excluding hydrogens is 697 g/mol. The van der Waals surface area contributed by atoms with Gasteiger partial charge in [0, 0.05) is 59.6 Å². The Morgan fingerprint density at radius 3 is 1.18 bits per heavy atom. The molecule has 2 aromatic carbocycles. The van der Waals surface area contributed by atoms with E-state index in [1.54, 1.807) is 38.1 Å². The van der Waals surface area contributed by atoms with Crippen LogP contribution >= 0.6 is 0 Å². The summed E-state index contributed by atoms with van der Waals surface area (Å²) in [5, 5.41) is 17.7. The van der Waals surface area contributed by atoms with Crippen LogP contribution in [0.2, 0.25) is 0 Å². The van der Waals surface area contributed by atoms with E-state index in [0.717, 1.165) is 55.9 Å². The van der Waals surface area contributed by atoms with Gasteiger partial charge in [0.1, 0.15) is 35.5 Å². The Morgan fingerprint density at radius 2 is 0.911 bits per heavy atom. The number of Topliss-reactive ketones (excluding diaryl/α,β-unsaturated/α-hetero) is 4. The molecule has 4 aromatic rings. The second kappa shape index (κ2) is 19.2. The second-order valence-electron chi connectivity index (χ2n) is 13.9. The highest BCUT2D eigenvalue weighted by molar-refractivity contribution is 6.15. The molecule has 2 aliphatic carbocycles. The van der Waals surface area contributed by atoms with Crippen LogP contribution in [0.5, 0.6) is 0 Å². The van der Waals surface area contributed by atoms with E-state index >= 15 is 0 Å². The summed E-state index contributed by atoms with van der Waals surface area (Å²) in [5.74, 6) is 9.56. The Hall–Kier alpha value is -6.48. The van der Waals surface area contributed by atoms with Crippen molar-refractivity contribution in [3.63, 3.8) is 0 Å². The van der Waals surface area contributed by atoms with Crippen LogP contribution in [-0.2, 0) is 32.0 Å². The zero-order chi connectivity index (χ0) is 41.1. The zero-order valence-electron chi connectivity index (χ0n) is 33.3. The average Bonchev–Trinajstić information content (AvgIpc) is 3.60. The molecule has 2 aliphatic rings. The molecule has 2 fully saturated rings. The number of aromatic nitrogens is 2. The van der Waals surface area contributed by atoms with Crippen LogP contribution in [0.15, 0.2) is 60.9 Å². The van der Waals surface area contributed by atoms with E-state index in [9.17, 15) is 19.2 Å². The normalized spacial score (nSPS) is 18.2.